The molecule has 2 aromatic rings. The van der Waals surface area contributed by atoms with Crippen molar-refractivity contribution in [2.45, 2.75) is 19.3 Å². The fraction of sp³-hybridized carbons (Fsp3) is 0.316. The van der Waals surface area contributed by atoms with Gasteiger partial charge in [-0.25, -0.2) is 0 Å². The van der Waals surface area contributed by atoms with E-state index in [2.05, 4.69) is 12.1 Å². The van der Waals surface area contributed by atoms with E-state index in [1.807, 2.05) is 36.4 Å². The molecule has 0 fully saturated rings. The van der Waals surface area contributed by atoms with Gasteiger partial charge in [-0.05, 0) is 29.7 Å². The third-order valence-corrected chi connectivity index (χ3v) is 3.69. The topological polar surface area (TPSA) is 55.6 Å². The Hall–Kier alpha value is -2.49. The first-order chi connectivity index (χ1) is 11.1. The van der Waals surface area contributed by atoms with Crippen LogP contribution in [0.15, 0.2) is 48.5 Å². The summed E-state index contributed by atoms with van der Waals surface area (Å²) >= 11 is 0. The van der Waals surface area contributed by atoms with Crippen LogP contribution in [0.3, 0.4) is 0 Å². The molecule has 0 aliphatic heterocycles. The molecule has 0 atom stereocenters. The molecule has 2 aromatic carbocycles. The van der Waals surface area contributed by atoms with Gasteiger partial charge >= 0.3 is 0 Å². The summed E-state index contributed by atoms with van der Waals surface area (Å²) in [6.45, 7) is 0.590. The second kappa shape index (κ2) is 8.22. The summed E-state index contributed by atoms with van der Waals surface area (Å²) in [6.07, 6.45) is 2.02. The van der Waals surface area contributed by atoms with E-state index in [9.17, 15) is 4.79 Å². The molecule has 0 saturated heterocycles. The van der Waals surface area contributed by atoms with Crippen LogP contribution in [0.25, 0.3) is 0 Å². The number of benzene rings is 2. The number of nitrogen functional groups attached to an aromatic ring is 1. The summed E-state index contributed by atoms with van der Waals surface area (Å²) in [4.78, 5) is 13.2. The molecular formula is C19H24N2O2. The predicted molar refractivity (Wildman–Crippen MR) is 93.5 cm³/mol. The summed E-state index contributed by atoms with van der Waals surface area (Å²) in [5.41, 5.74) is 8.95. The quantitative estimate of drug-likeness (QED) is 0.800. The molecule has 2 N–H and O–H groups in total. The van der Waals surface area contributed by atoms with Crippen molar-refractivity contribution in [1.29, 1.82) is 0 Å². The third-order valence-electron chi connectivity index (χ3n) is 3.69. The lowest BCUT2D eigenvalue weighted by atomic mass is 10.1. The highest BCUT2D eigenvalue weighted by Gasteiger charge is 2.07. The van der Waals surface area contributed by atoms with Crippen LogP contribution in [-0.2, 0) is 17.6 Å². The normalized spacial score (nSPS) is 10.3. The summed E-state index contributed by atoms with van der Waals surface area (Å²) in [6, 6.07) is 16.0. The van der Waals surface area contributed by atoms with E-state index < -0.39 is 0 Å². The van der Waals surface area contributed by atoms with Crippen LogP contribution < -0.4 is 10.5 Å². The van der Waals surface area contributed by atoms with Crippen LogP contribution in [0.4, 0.5) is 5.69 Å². The van der Waals surface area contributed by atoms with Crippen LogP contribution in [0.5, 0.6) is 5.75 Å². The molecule has 0 spiro atoms. The SMILES string of the molecule is CN(C)C(=O)CCc1ccc(OCCc2ccccc2)c(N)c1. The van der Waals surface area contributed by atoms with Gasteiger partial charge < -0.3 is 15.4 Å². The first kappa shape index (κ1) is 16.9. The maximum Gasteiger partial charge on any atom is 0.222 e. The lowest BCUT2D eigenvalue weighted by molar-refractivity contribution is -0.128. The lowest BCUT2D eigenvalue weighted by Gasteiger charge is -2.12. The predicted octanol–water partition coefficient (Wildman–Crippen LogP) is 2.91. The van der Waals surface area contributed by atoms with Crippen molar-refractivity contribution in [3.63, 3.8) is 0 Å². The summed E-state index contributed by atoms with van der Waals surface area (Å²) < 4.78 is 5.76. The highest BCUT2D eigenvalue weighted by molar-refractivity contribution is 5.75. The number of anilines is 1. The molecular weight excluding hydrogens is 288 g/mol. The van der Waals surface area contributed by atoms with Gasteiger partial charge in [0.15, 0.2) is 0 Å². The smallest absolute Gasteiger partial charge is 0.222 e. The molecule has 4 heteroatoms. The van der Waals surface area contributed by atoms with Crippen LogP contribution >= 0.6 is 0 Å². The van der Waals surface area contributed by atoms with Crippen LogP contribution in [0.1, 0.15) is 17.5 Å². The average molecular weight is 312 g/mol. The van der Waals surface area contributed by atoms with Crippen molar-refractivity contribution in [2.24, 2.45) is 0 Å². The van der Waals surface area contributed by atoms with Gasteiger partial charge in [-0.1, -0.05) is 36.4 Å². The molecule has 0 bridgehead atoms. The fourth-order valence-corrected chi connectivity index (χ4v) is 2.28. The van der Waals surface area contributed by atoms with Crippen LogP contribution in [0.2, 0.25) is 0 Å². The van der Waals surface area contributed by atoms with E-state index in [0.29, 0.717) is 30.9 Å². The minimum absolute atomic E-state index is 0.117. The number of hydrogen-bond donors (Lipinski definition) is 1. The van der Waals surface area contributed by atoms with Crippen LogP contribution in [0, 0.1) is 0 Å². The van der Waals surface area contributed by atoms with Crippen molar-refractivity contribution in [2.75, 3.05) is 26.4 Å². The Morgan fingerprint density at radius 2 is 1.78 bits per heavy atom. The molecule has 0 radical (unpaired) electrons. The third kappa shape index (κ3) is 5.33. The van der Waals surface area contributed by atoms with Crippen LogP contribution in [-0.4, -0.2) is 31.5 Å². The van der Waals surface area contributed by atoms with Crippen molar-refractivity contribution < 1.29 is 9.53 Å². The van der Waals surface area contributed by atoms with Gasteiger partial charge in [-0.2, -0.15) is 0 Å². The van der Waals surface area contributed by atoms with Crippen molar-refractivity contribution in [1.82, 2.24) is 4.90 Å². The number of nitrogens with two attached hydrogens (primary N) is 1. The van der Waals surface area contributed by atoms with E-state index in [4.69, 9.17) is 10.5 Å². The zero-order chi connectivity index (χ0) is 16.7. The zero-order valence-corrected chi connectivity index (χ0v) is 13.8. The Labute approximate surface area is 137 Å². The molecule has 4 nitrogen and oxygen atoms in total. The summed E-state index contributed by atoms with van der Waals surface area (Å²) in [5, 5.41) is 0. The number of carbonyl (C=O) groups excluding carboxylic acids is 1. The Kier molecular flexibility index (Phi) is 6.03. The molecule has 0 aliphatic carbocycles. The molecule has 1 amide bonds. The Bertz CT molecular complexity index is 639. The Balaban J connectivity index is 1.85. The van der Waals surface area contributed by atoms with Gasteiger partial charge in [-0.15, -0.1) is 0 Å². The number of amides is 1. The summed E-state index contributed by atoms with van der Waals surface area (Å²) in [7, 11) is 3.53. The van der Waals surface area contributed by atoms with Crippen molar-refractivity contribution in [3.8, 4) is 5.75 Å². The van der Waals surface area contributed by atoms with Crippen molar-refractivity contribution >= 4 is 11.6 Å². The standard InChI is InChI=1S/C19H24N2O2/c1-21(2)19(22)11-9-16-8-10-18(17(20)14-16)23-13-12-15-6-4-3-5-7-15/h3-8,10,14H,9,11-13,20H2,1-2H3. The van der Waals surface area contributed by atoms with E-state index in [0.717, 1.165) is 12.0 Å². The number of ether oxygens (including phenoxy) is 1. The number of carbonyl (C=O) groups is 1. The second-order valence-corrected chi connectivity index (χ2v) is 5.74. The fourth-order valence-electron chi connectivity index (χ4n) is 2.28. The Morgan fingerprint density at radius 3 is 2.43 bits per heavy atom. The number of aryl methyl sites for hydroxylation is 1. The maximum atomic E-state index is 11.6. The number of rotatable bonds is 7. The maximum absolute atomic E-state index is 11.6. The first-order valence-electron chi connectivity index (χ1n) is 7.81. The monoisotopic (exact) mass is 312 g/mol. The van der Waals surface area contributed by atoms with Crippen molar-refractivity contribution in [3.05, 3.63) is 59.7 Å². The minimum Gasteiger partial charge on any atom is -0.491 e. The summed E-state index contributed by atoms with van der Waals surface area (Å²) in [5.74, 6) is 0.815. The molecule has 2 rings (SSSR count). The number of hydrogen-bond acceptors (Lipinski definition) is 3. The second-order valence-electron chi connectivity index (χ2n) is 5.74. The molecule has 23 heavy (non-hydrogen) atoms. The van der Waals surface area contributed by atoms with Gasteiger partial charge in [0.2, 0.25) is 5.91 Å². The van der Waals surface area contributed by atoms with Gasteiger partial charge in [0, 0.05) is 26.9 Å². The molecule has 0 aromatic heterocycles. The number of nitrogens with zero attached hydrogens (tertiary/aromatic N) is 1. The minimum atomic E-state index is 0.117. The average Bonchev–Trinajstić information content (AvgIpc) is 2.55. The molecule has 0 heterocycles. The first-order valence-corrected chi connectivity index (χ1v) is 7.81. The molecule has 122 valence electrons. The highest BCUT2D eigenvalue weighted by Crippen LogP contribution is 2.23. The van der Waals surface area contributed by atoms with E-state index in [-0.39, 0.29) is 5.91 Å². The molecule has 0 unspecified atom stereocenters. The van der Waals surface area contributed by atoms with E-state index in [1.54, 1.807) is 19.0 Å². The van der Waals surface area contributed by atoms with E-state index in [1.165, 1.54) is 5.56 Å². The van der Waals surface area contributed by atoms with Gasteiger partial charge in [0.25, 0.3) is 0 Å². The van der Waals surface area contributed by atoms with Gasteiger partial charge in [-0.3, -0.25) is 4.79 Å². The van der Waals surface area contributed by atoms with Gasteiger partial charge in [0.1, 0.15) is 5.75 Å². The molecule has 0 aliphatic rings. The highest BCUT2D eigenvalue weighted by atomic mass is 16.5. The largest absolute Gasteiger partial charge is 0.491 e. The zero-order valence-electron chi connectivity index (χ0n) is 13.8. The molecule has 0 saturated carbocycles. The van der Waals surface area contributed by atoms with E-state index >= 15 is 0 Å². The van der Waals surface area contributed by atoms with Gasteiger partial charge in [0.05, 0.1) is 12.3 Å². The lowest BCUT2D eigenvalue weighted by Crippen LogP contribution is -2.21. The Morgan fingerprint density at radius 1 is 1.04 bits per heavy atom.